The number of hydrogen-bond acceptors (Lipinski definition) is 2. The maximum atomic E-state index is 5.31. The molecule has 1 aromatic rings. The van der Waals surface area contributed by atoms with E-state index in [-0.39, 0.29) is 6.04 Å². The summed E-state index contributed by atoms with van der Waals surface area (Å²) in [6, 6.07) is 2.19. The minimum Gasteiger partial charge on any atom is -0.469 e. The van der Waals surface area contributed by atoms with Crippen molar-refractivity contribution < 1.29 is 4.42 Å². The normalized spacial score (nSPS) is 12.8. The molecular weight excluding hydrogens is 150 g/mol. The fourth-order valence-electron chi connectivity index (χ4n) is 1.32. The third kappa shape index (κ3) is 1.59. The predicted octanol–water partition coefficient (Wildman–Crippen LogP) is 2.29. The summed E-state index contributed by atoms with van der Waals surface area (Å²) in [5.41, 5.74) is 1.19. The number of likely N-dealkylation sites (N-methyl/N-ethyl adjacent to an activating group) is 1. The van der Waals surface area contributed by atoms with Crippen LogP contribution in [-0.4, -0.2) is 7.05 Å². The quantitative estimate of drug-likeness (QED) is 0.692. The molecule has 2 nitrogen and oxygen atoms in total. The lowest BCUT2D eigenvalue weighted by Crippen LogP contribution is -2.13. The lowest BCUT2D eigenvalue weighted by molar-refractivity contribution is 0.506. The molecule has 66 valence electrons. The molecule has 1 aromatic heterocycles. The summed E-state index contributed by atoms with van der Waals surface area (Å²) in [6.07, 6.45) is 4.53. The van der Waals surface area contributed by atoms with E-state index in [1.807, 2.05) is 19.2 Å². The Bertz CT molecular complexity index is 252. The van der Waals surface area contributed by atoms with Crippen molar-refractivity contribution in [1.82, 2.24) is 5.32 Å². The molecule has 1 unspecified atom stereocenters. The number of nitrogens with one attached hydrogen (secondary N) is 1. The fourth-order valence-corrected chi connectivity index (χ4v) is 1.32. The van der Waals surface area contributed by atoms with Gasteiger partial charge in [-0.15, -0.1) is 6.58 Å². The summed E-state index contributed by atoms with van der Waals surface area (Å²) in [6.45, 7) is 5.84. The molecule has 0 amide bonds. The zero-order valence-corrected chi connectivity index (χ0v) is 7.63. The highest BCUT2D eigenvalue weighted by Crippen LogP contribution is 2.20. The summed E-state index contributed by atoms with van der Waals surface area (Å²) in [4.78, 5) is 0. The van der Waals surface area contributed by atoms with E-state index in [1.54, 1.807) is 6.26 Å². The first-order valence-corrected chi connectivity index (χ1v) is 4.19. The fraction of sp³-hybridized carbons (Fsp3) is 0.400. The zero-order chi connectivity index (χ0) is 8.97. The van der Waals surface area contributed by atoms with Crippen LogP contribution in [0.4, 0.5) is 0 Å². The molecule has 0 aliphatic heterocycles. The number of furan rings is 1. The van der Waals surface area contributed by atoms with Crippen molar-refractivity contribution in [1.29, 1.82) is 0 Å². The molecule has 1 heterocycles. The van der Waals surface area contributed by atoms with Gasteiger partial charge in [0.15, 0.2) is 0 Å². The van der Waals surface area contributed by atoms with Gasteiger partial charge in [0.05, 0.1) is 12.3 Å². The Morgan fingerprint density at radius 2 is 2.50 bits per heavy atom. The average molecular weight is 165 g/mol. The molecule has 1 rings (SSSR count). The van der Waals surface area contributed by atoms with E-state index >= 15 is 0 Å². The Morgan fingerprint density at radius 3 is 3.00 bits per heavy atom. The Hall–Kier alpha value is -1.02. The van der Waals surface area contributed by atoms with Crippen LogP contribution in [0.3, 0.4) is 0 Å². The summed E-state index contributed by atoms with van der Waals surface area (Å²) in [7, 11) is 1.92. The Labute approximate surface area is 73.3 Å². The summed E-state index contributed by atoms with van der Waals surface area (Å²) >= 11 is 0. The molecule has 0 bridgehead atoms. The van der Waals surface area contributed by atoms with Crippen molar-refractivity contribution >= 4 is 0 Å². The second-order valence-electron chi connectivity index (χ2n) is 2.65. The largest absolute Gasteiger partial charge is 0.469 e. The van der Waals surface area contributed by atoms with Crippen molar-refractivity contribution in [2.75, 3.05) is 7.05 Å². The monoisotopic (exact) mass is 165 g/mol. The van der Waals surface area contributed by atoms with Gasteiger partial charge in [-0.2, -0.15) is 0 Å². The van der Waals surface area contributed by atoms with Crippen LogP contribution < -0.4 is 5.32 Å². The van der Waals surface area contributed by atoms with Gasteiger partial charge in [0.2, 0.25) is 0 Å². The molecule has 1 N–H and O–H groups in total. The van der Waals surface area contributed by atoms with Crippen molar-refractivity contribution in [3.63, 3.8) is 0 Å². The third-order valence-electron chi connectivity index (χ3n) is 1.98. The van der Waals surface area contributed by atoms with E-state index in [2.05, 4.69) is 18.8 Å². The molecule has 0 radical (unpaired) electrons. The first-order chi connectivity index (χ1) is 5.83. The van der Waals surface area contributed by atoms with Gasteiger partial charge >= 0.3 is 0 Å². The van der Waals surface area contributed by atoms with Crippen LogP contribution in [0.25, 0.3) is 0 Å². The average Bonchev–Trinajstić information content (AvgIpc) is 2.55. The first-order valence-electron chi connectivity index (χ1n) is 4.19. The Balaban J connectivity index is 2.90. The Morgan fingerprint density at radius 1 is 1.75 bits per heavy atom. The van der Waals surface area contributed by atoms with Gasteiger partial charge in [-0.05, 0) is 13.1 Å². The van der Waals surface area contributed by atoms with Gasteiger partial charge in [0.25, 0.3) is 0 Å². The van der Waals surface area contributed by atoms with Gasteiger partial charge < -0.3 is 9.73 Å². The van der Waals surface area contributed by atoms with Crippen LogP contribution in [0.5, 0.6) is 0 Å². The number of aryl methyl sites for hydroxylation is 1. The van der Waals surface area contributed by atoms with Crippen molar-refractivity contribution in [3.05, 3.63) is 36.3 Å². The zero-order valence-electron chi connectivity index (χ0n) is 7.63. The smallest absolute Gasteiger partial charge is 0.108 e. The molecule has 1 atom stereocenters. The van der Waals surface area contributed by atoms with Gasteiger partial charge in [0, 0.05) is 12.0 Å². The third-order valence-corrected chi connectivity index (χ3v) is 1.98. The molecular formula is C10H15NO. The summed E-state index contributed by atoms with van der Waals surface area (Å²) in [5, 5.41) is 3.15. The van der Waals surface area contributed by atoms with Crippen LogP contribution in [0, 0.1) is 0 Å². The van der Waals surface area contributed by atoms with Gasteiger partial charge in [-0.1, -0.05) is 13.0 Å². The number of hydrogen-bond donors (Lipinski definition) is 1. The molecule has 0 aliphatic carbocycles. The van der Waals surface area contributed by atoms with E-state index in [0.29, 0.717) is 0 Å². The number of rotatable bonds is 4. The first kappa shape index (κ1) is 9.07. The van der Waals surface area contributed by atoms with E-state index in [9.17, 15) is 0 Å². The Kier molecular flexibility index (Phi) is 3.11. The van der Waals surface area contributed by atoms with Crippen LogP contribution in [-0.2, 0) is 6.42 Å². The maximum Gasteiger partial charge on any atom is 0.108 e. The molecule has 0 aliphatic rings. The standard InChI is InChI=1S/C10H15NO/c1-4-9(11-3)8-6-7-12-10(8)5-2/h4,6-7,9,11H,1,5H2,2-3H3. The second kappa shape index (κ2) is 4.12. The summed E-state index contributed by atoms with van der Waals surface area (Å²) in [5.74, 6) is 1.04. The van der Waals surface area contributed by atoms with E-state index < -0.39 is 0 Å². The van der Waals surface area contributed by atoms with Gasteiger partial charge in [-0.3, -0.25) is 0 Å². The van der Waals surface area contributed by atoms with Crippen molar-refractivity contribution in [3.8, 4) is 0 Å². The van der Waals surface area contributed by atoms with E-state index in [0.717, 1.165) is 12.2 Å². The van der Waals surface area contributed by atoms with Crippen LogP contribution >= 0.6 is 0 Å². The minimum absolute atomic E-state index is 0.207. The van der Waals surface area contributed by atoms with Crippen molar-refractivity contribution in [2.24, 2.45) is 0 Å². The second-order valence-corrected chi connectivity index (χ2v) is 2.65. The van der Waals surface area contributed by atoms with Crippen LogP contribution in [0.2, 0.25) is 0 Å². The highest BCUT2D eigenvalue weighted by atomic mass is 16.3. The summed E-state index contributed by atoms with van der Waals surface area (Å²) < 4.78 is 5.31. The lowest BCUT2D eigenvalue weighted by Gasteiger charge is -2.09. The van der Waals surface area contributed by atoms with E-state index in [1.165, 1.54) is 5.56 Å². The minimum atomic E-state index is 0.207. The SMILES string of the molecule is C=CC(NC)c1ccoc1CC. The highest BCUT2D eigenvalue weighted by molar-refractivity contribution is 5.24. The van der Waals surface area contributed by atoms with Crippen molar-refractivity contribution in [2.45, 2.75) is 19.4 Å². The van der Waals surface area contributed by atoms with E-state index in [4.69, 9.17) is 4.42 Å². The lowest BCUT2D eigenvalue weighted by atomic mass is 10.1. The topological polar surface area (TPSA) is 25.2 Å². The molecule has 0 saturated carbocycles. The molecule has 0 fully saturated rings. The molecule has 0 spiro atoms. The van der Waals surface area contributed by atoms with Crippen LogP contribution in [0.15, 0.2) is 29.4 Å². The molecule has 12 heavy (non-hydrogen) atoms. The van der Waals surface area contributed by atoms with Gasteiger partial charge in [-0.25, -0.2) is 0 Å². The highest BCUT2D eigenvalue weighted by Gasteiger charge is 2.10. The van der Waals surface area contributed by atoms with Crippen LogP contribution in [0.1, 0.15) is 24.3 Å². The molecule has 0 aromatic carbocycles. The maximum absolute atomic E-state index is 5.31. The molecule has 2 heteroatoms. The van der Waals surface area contributed by atoms with Gasteiger partial charge in [0.1, 0.15) is 5.76 Å². The molecule has 0 saturated heterocycles. The predicted molar refractivity (Wildman–Crippen MR) is 50.1 cm³/mol.